The van der Waals surface area contributed by atoms with Crippen molar-refractivity contribution in [3.05, 3.63) is 26.8 Å². The van der Waals surface area contributed by atoms with Crippen LogP contribution in [0.2, 0.25) is 5.02 Å². The van der Waals surface area contributed by atoms with Gasteiger partial charge in [0.05, 0.1) is 0 Å². The predicted octanol–water partition coefficient (Wildman–Crippen LogP) is 3.86. The highest BCUT2D eigenvalue weighted by atomic mass is 127. The molecule has 1 saturated heterocycles. The van der Waals surface area contributed by atoms with E-state index in [9.17, 15) is 0 Å². The highest BCUT2D eigenvalue weighted by Gasteiger charge is 2.15. The van der Waals surface area contributed by atoms with E-state index in [0.29, 0.717) is 6.04 Å². The SMILES string of the molecule is Clc1ccc(NC2CCSC2)c(I)c1. The zero-order valence-corrected chi connectivity index (χ0v) is 11.3. The van der Waals surface area contributed by atoms with Gasteiger partial charge in [-0.25, -0.2) is 0 Å². The molecule has 0 radical (unpaired) electrons. The molecule has 1 aliphatic rings. The van der Waals surface area contributed by atoms with E-state index in [4.69, 9.17) is 11.6 Å². The summed E-state index contributed by atoms with van der Waals surface area (Å²) in [6.07, 6.45) is 1.27. The molecule has 1 aliphatic heterocycles. The number of nitrogens with one attached hydrogen (secondary N) is 1. The lowest BCUT2D eigenvalue weighted by molar-refractivity contribution is 0.812. The molecular formula is C10H11ClINS. The summed E-state index contributed by atoms with van der Waals surface area (Å²) >= 11 is 10.2. The van der Waals surface area contributed by atoms with Gasteiger partial charge in [0, 0.05) is 26.1 Å². The molecule has 1 N–H and O–H groups in total. The van der Waals surface area contributed by atoms with Crippen LogP contribution >= 0.6 is 46.0 Å². The van der Waals surface area contributed by atoms with Crippen molar-refractivity contribution < 1.29 is 0 Å². The van der Waals surface area contributed by atoms with Crippen molar-refractivity contribution in [2.24, 2.45) is 0 Å². The van der Waals surface area contributed by atoms with Crippen molar-refractivity contribution in [1.29, 1.82) is 0 Å². The molecule has 0 bridgehead atoms. The molecule has 1 atom stereocenters. The fraction of sp³-hybridized carbons (Fsp3) is 0.400. The maximum atomic E-state index is 5.90. The van der Waals surface area contributed by atoms with Gasteiger partial charge in [0.25, 0.3) is 0 Å². The molecule has 2 rings (SSSR count). The minimum absolute atomic E-state index is 0.634. The average molecular weight is 340 g/mol. The number of hydrogen-bond acceptors (Lipinski definition) is 2. The van der Waals surface area contributed by atoms with E-state index in [1.165, 1.54) is 27.2 Å². The van der Waals surface area contributed by atoms with Gasteiger partial charge in [0.15, 0.2) is 0 Å². The van der Waals surface area contributed by atoms with E-state index < -0.39 is 0 Å². The van der Waals surface area contributed by atoms with E-state index >= 15 is 0 Å². The van der Waals surface area contributed by atoms with Crippen LogP contribution in [0, 0.1) is 3.57 Å². The molecular weight excluding hydrogens is 329 g/mol. The largest absolute Gasteiger partial charge is 0.381 e. The Kier molecular flexibility index (Phi) is 3.85. The van der Waals surface area contributed by atoms with Gasteiger partial charge in [0.2, 0.25) is 0 Å². The van der Waals surface area contributed by atoms with Gasteiger partial charge >= 0.3 is 0 Å². The van der Waals surface area contributed by atoms with Crippen LogP contribution in [0.3, 0.4) is 0 Å². The van der Waals surface area contributed by atoms with E-state index in [0.717, 1.165) is 5.02 Å². The van der Waals surface area contributed by atoms with Crippen molar-refractivity contribution in [2.45, 2.75) is 12.5 Å². The average Bonchev–Trinajstić information content (AvgIpc) is 2.62. The van der Waals surface area contributed by atoms with Crippen LogP contribution in [0.25, 0.3) is 0 Å². The summed E-state index contributed by atoms with van der Waals surface area (Å²) in [6.45, 7) is 0. The molecule has 14 heavy (non-hydrogen) atoms. The molecule has 76 valence electrons. The van der Waals surface area contributed by atoms with E-state index in [1.807, 2.05) is 23.9 Å². The zero-order chi connectivity index (χ0) is 9.97. The van der Waals surface area contributed by atoms with Crippen LogP contribution < -0.4 is 5.32 Å². The van der Waals surface area contributed by atoms with Crippen LogP contribution in [0.5, 0.6) is 0 Å². The van der Waals surface area contributed by atoms with Crippen LogP contribution in [0.15, 0.2) is 18.2 Å². The zero-order valence-electron chi connectivity index (χ0n) is 7.59. The number of thioether (sulfide) groups is 1. The van der Waals surface area contributed by atoms with Gasteiger partial charge in [-0.05, 0) is 53.0 Å². The maximum absolute atomic E-state index is 5.90. The molecule has 0 aliphatic carbocycles. The van der Waals surface area contributed by atoms with E-state index in [-0.39, 0.29) is 0 Å². The summed E-state index contributed by atoms with van der Waals surface area (Å²) < 4.78 is 1.20. The lowest BCUT2D eigenvalue weighted by Gasteiger charge is -2.14. The summed E-state index contributed by atoms with van der Waals surface area (Å²) in [5.41, 5.74) is 1.21. The number of hydrogen-bond donors (Lipinski definition) is 1. The van der Waals surface area contributed by atoms with Crippen LogP contribution in [-0.2, 0) is 0 Å². The first kappa shape index (κ1) is 10.9. The van der Waals surface area contributed by atoms with Crippen molar-refractivity contribution in [2.75, 3.05) is 16.8 Å². The second-order valence-corrected chi connectivity index (χ2v) is 6.08. The first-order valence-electron chi connectivity index (χ1n) is 4.55. The molecule has 0 saturated carbocycles. The summed E-state index contributed by atoms with van der Waals surface area (Å²) in [7, 11) is 0. The molecule has 4 heteroatoms. The molecule has 1 aromatic carbocycles. The van der Waals surface area contributed by atoms with Gasteiger partial charge < -0.3 is 5.32 Å². The van der Waals surface area contributed by atoms with Gasteiger partial charge in [-0.2, -0.15) is 11.8 Å². The lowest BCUT2D eigenvalue weighted by atomic mass is 10.2. The quantitative estimate of drug-likeness (QED) is 0.821. The van der Waals surface area contributed by atoms with Crippen molar-refractivity contribution in [1.82, 2.24) is 0 Å². The smallest absolute Gasteiger partial charge is 0.0479 e. The Morgan fingerprint density at radius 3 is 3.00 bits per heavy atom. The fourth-order valence-corrected chi connectivity index (χ4v) is 3.65. The monoisotopic (exact) mass is 339 g/mol. The molecule has 1 fully saturated rings. The van der Waals surface area contributed by atoms with E-state index in [1.54, 1.807) is 0 Å². The van der Waals surface area contributed by atoms with Gasteiger partial charge in [-0.1, -0.05) is 11.6 Å². The van der Waals surface area contributed by atoms with Crippen LogP contribution in [-0.4, -0.2) is 17.5 Å². The van der Waals surface area contributed by atoms with Gasteiger partial charge in [-0.3, -0.25) is 0 Å². The minimum atomic E-state index is 0.634. The minimum Gasteiger partial charge on any atom is -0.381 e. The first-order valence-corrected chi connectivity index (χ1v) is 7.16. The Bertz CT molecular complexity index is 326. The third-order valence-corrected chi connectivity index (χ3v) is 4.51. The van der Waals surface area contributed by atoms with Crippen LogP contribution in [0.4, 0.5) is 5.69 Å². The molecule has 0 aromatic heterocycles. The summed E-state index contributed by atoms with van der Waals surface area (Å²) in [5, 5.41) is 4.36. The summed E-state index contributed by atoms with van der Waals surface area (Å²) in [5.74, 6) is 2.50. The number of anilines is 1. The number of halogens is 2. The second kappa shape index (κ2) is 4.94. The Labute approximate surface area is 107 Å². The molecule has 0 amide bonds. The van der Waals surface area contributed by atoms with Crippen molar-refractivity contribution in [3.63, 3.8) is 0 Å². The Morgan fingerprint density at radius 1 is 1.50 bits per heavy atom. The van der Waals surface area contributed by atoms with E-state index in [2.05, 4.69) is 34.0 Å². The first-order chi connectivity index (χ1) is 6.75. The standard InChI is InChI=1S/C10H11ClINS/c11-7-1-2-10(9(12)5-7)13-8-3-4-14-6-8/h1-2,5,8,13H,3-4,6H2. The van der Waals surface area contributed by atoms with Crippen molar-refractivity contribution in [3.8, 4) is 0 Å². The summed E-state index contributed by atoms with van der Waals surface area (Å²) in [4.78, 5) is 0. The topological polar surface area (TPSA) is 12.0 Å². The molecule has 1 aromatic rings. The van der Waals surface area contributed by atoms with Crippen LogP contribution in [0.1, 0.15) is 6.42 Å². The second-order valence-electron chi connectivity index (χ2n) is 3.33. The number of rotatable bonds is 2. The number of benzene rings is 1. The third-order valence-electron chi connectivity index (χ3n) is 2.22. The third kappa shape index (κ3) is 2.70. The van der Waals surface area contributed by atoms with Crippen molar-refractivity contribution >= 4 is 51.6 Å². The molecule has 1 unspecified atom stereocenters. The molecule has 0 spiro atoms. The Hall–Kier alpha value is 0.390. The lowest BCUT2D eigenvalue weighted by Crippen LogP contribution is -2.18. The molecule has 1 heterocycles. The highest BCUT2D eigenvalue weighted by Crippen LogP contribution is 2.26. The Balaban J connectivity index is 2.08. The Morgan fingerprint density at radius 2 is 2.36 bits per heavy atom. The summed E-state index contributed by atoms with van der Waals surface area (Å²) in [6, 6.07) is 6.63. The van der Waals surface area contributed by atoms with Gasteiger partial charge in [-0.15, -0.1) is 0 Å². The normalized spacial score (nSPS) is 21.1. The fourth-order valence-electron chi connectivity index (χ4n) is 1.47. The maximum Gasteiger partial charge on any atom is 0.0479 e. The molecule has 1 nitrogen and oxygen atoms in total. The van der Waals surface area contributed by atoms with Gasteiger partial charge in [0.1, 0.15) is 0 Å². The highest BCUT2D eigenvalue weighted by molar-refractivity contribution is 14.1. The predicted molar refractivity (Wildman–Crippen MR) is 73.5 cm³/mol.